The molecule has 1 heterocycles. The van der Waals surface area contributed by atoms with Crippen LogP contribution < -0.4 is 16.2 Å². The molecule has 0 aliphatic rings. The lowest BCUT2D eigenvalue weighted by Crippen LogP contribution is -2.01. The first-order valence-corrected chi connectivity index (χ1v) is 5.35. The van der Waals surface area contributed by atoms with Crippen LogP contribution >= 0.6 is 11.6 Å². The van der Waals surface area contributed by atoms with Crippen molar-refractivity contribution in [2.75, 3.05) is 11.5 Å². The zero-order chi connectivity index (χ0) is 14.0. The quantitative estimate of drug-likeness (QED) is 0.649. The molecular formula is C10H8ClN5O3. The summed E-state index contributed by atoms with van der Waals surface area (Å²) in [6.45, 7) is 0. The van der Waals surface area contributed by atoms with E-state index in [-0.39, 0.29) is 34.1 Å². The Kier molecular flexibility index (Phi) is 3.34. The van der Waals surface area contributed by atoms with Gasteiger partial charge >= 0.3 is 0 Å². The Morgan fingerprint density at radius 2 is 2.00 bits per heavy atom. The van der Waals surface area contributed by atoms with E-state index >= 15 is 0 Å². The Hall–Kier alpha value is -2.61. The Morgan fingerprint density at radius 3 is 2.63 bits per heavy atom. The molecule has 98 valence electrons. The van der Waals surface area contributed by atoms with Crippen LogP contribution in [0.15, 0.2) is 24.3 Å². The molecule has 0 spiro atoms. The number of nitrogens with two attached hydrogens (primary N) is 2. The fourth-order valence-corrected chi connectivity index (χ4v) is 1.47. The lowest BCUT2D eigenvalue weighted by atomic mass is 10.3. The summed E-state index contributed by atoms with van der Waals surface area (Å²) in [4.78, 5) is 17.6. The molecule has 8 nitrogen and oxygen atoms in total. The van der Waals surface area contributed by atoms with Crippen molar-refractivity contribution < 1.29 is 9.66 Å². The SMILES string of the molecule is Nc1cc(Oc2cc([N+](=O)[O-])ccc2Cl)nc(N)n1. The van der Waals surface area contributed by atoms with Crippen molar-refractivity contribution in [1.29, 1.82) is 0 Å². The highest BCUT2D eigenvalue weighted by Gasteiger charge is 2.12. The van der Waals surface area contributed by atoms with Crippen molar-refractivity contribution in [1.82, 2.24) is 9.97 Å². The minimum atomic E-state index is -0.564. The Morgan fingerprint density at radius 1 is 1.26 bits per heavy atom. The number of halogens is 1. The fraction of sp³-hybridized carbons (Fsp3) is 0. The predicted octanol–water partition coefficient (Wildman–Crippen LogP) is 1.99. The highest BCUT2D eigenvalue weighted by atomic mass is 35.5. The highest BCUT2D eigenvalue weighted by Crippen LogP contribution is 2.32. The fourth-order valence-electron chi connectivity index (χ4n) is 1.31. The number of hydrogen-bond donors (Lipinski definition) is 2. The van der Waals surface area contributed by atoms with Crippen molar-refractivity contribution in [3.63, 3.8) is 0 Å². The number of benzene rings is 1. The number of nitrogen functional groups attached to an aromatic ring is 2. The molecule has 2 aromatic rings. The first-order valence-electron chi connectivity index (χ1n) is 4.97. The molecule has 0 atom stereocenters. The minimum Gasteiger partial charge on any atom is -0.437 e. The summed E-state index contributed by atoms with van der Waals surface area (Å²) in [5.74, 6) is 0.168. The third-order valence-corrected chi connectivity index (χ3v) is 2.39. The maximum absolute atomic E-state index is 10.7. The van der Waals surface area contributed by atoms with Crippen LogP contribution in [0, 0.1) is 10.1 Å². The third-order valence-electron chi connectivity index (χ3n) is 2.08. The van der Waals surface area contributed by atoms with Crippen molar-refractivity contribution in [2.45, 2.75) is 0 Å². The van der Waals surface area contributed by atoms with E-state index in [1.807, 2.05) is 0 Å². The molecule has 1 aromatic heterocycles. The molecule has 0 fully saturated rings. The summed E-state index contributed by atoms with van der Waals surface area (Å²) in [6, 6.07) is 5.11. The second kappa shape index (κ2) is 4.94. The molecule has 9 heteroatoms. The number of non-ortho nitro benzene ring substituents is 1. The summed E-state index contributed by atoms with van der Waals surface area (Å²) >= 11 is 5.88. The average molecular weight is 282 g/mol. The summed E-state index contributed by atoms with van der Waals surface area (Å²) in [5.41, 5.74) is 10.7. The van der Waals surface area contributed by atoms with Crippen molar-refractivity contribution in [2.24, 2.45) is 0 Å². The molecule has 2 rings (SSSR count). The molecule has 4 N–H and O–H groups in total. The molecule has 0 aliphatic heterocycles. The van der Waals surface area contributed by atoms with Crippen molar-refractivity contribution in [3.8, 4) is 11.6 Å². The number of nitrogens with zero attached hydrogens (tertiary/aromatic N) is 3. The van der Waals surface area contributed by atoms with Gasteiger partial charge in [0.15, 0.2) is 5.75 Å². The van der Waals surface area contributed by atoms with E-state index in [1.165, 1.54) is 24.3 Å². The van der Waals surface area contributed by atoms with Crippen LogP contribution in [0.1, 0.15) is 0 Å². The van der Waals surface area contributed by atoms with Gasteiger partial charge in [-0.2, -0.15) is 9.97 Å². The lowest BCUT2D eigenvalue weighted by Gasteiger charge is -2.07. The van der Waals surface area contributed by atoms with Crippen LogP contribution in [0.2, 0.25) is 5.02 Å². The Labute approximate surface area is 112 Å². The number of nitro groups is 1. The number of nitro benzene ring substituents is 1. The summed E-state index contributed by atoms with van der Waals surface area (Å²) < 4.78 is 5.31. The monoisotopic (exact) mass is 281 g/mol. The molecular weight excluding hydrogens is 274 g/mol. The largest absolute Gasteiger partial charge is 0.437 e. The van der Waals surface area contributed by atoms with E-state index < -0.39 is 4.92 Å². The molecule has 0 amide bonds. The summed E-state index contributed by atoms with van der Waals surface area (Å²) in [5, 5.41) is 10.9. The van der Waals surface area contributed by atoms with E-state index in [2.05, 4.69) is 9.97 Å². The summed E-state index contributed by atoms with van der Waals surface area (Å²) in [6.07, 6.45) is 0. The molecule has 19 heavy (non-hydrogen) atoms. The van der Waals surface area contributed by atoms with E-state index in [0.717, 1.165) is 0 Å². The van der Waals surface area contributed by atoms with Crippen LogP contribution in [0.4, 0.5) is 17.5 Å². The molecule has 0 radical (unpaired) electrons. The van der Waals surface area contributed by atoms with Crippen LogP contribution in [0.5, 0.6) is 11.6 Å². The molecule has 0 bridgehead atoms. The predicted molar refractivity (Wildman–Crippen MR) is 69.0 cm³/mol. The first kappa shape index (κ1) is 12.8. The van der Waals surface area contributed by atoms with Crippen LogP contribution in [-0.2, 0) is 0 Å². The molecule has 0 saturated heterocycles. The third kappa shape index (κ3) is 2.99. The van der Waals surface area contributed by atoms with Gasteiger partial charge in [-0.1, -0.05) is 11.6 Å². The Bertz CT molecular complexity index is 629. The number of hydrogen-bond acceptors (Lipinski definition) is 7. The van der Waals surface area contributed by atoms with Gasteiger partial charge in [0.25, 0.3) is 5.69 Å². The maximum atomic E-state index is 10.7. The van der Waals surface area contributed by atoms with Gasteiger partial charge < -0.3 is 16.2 Å². The number of rotatable bonds is 3. The first-order chi connectivity index (χ1) is 8.95. The number of aromatic nitrogens is 2. The van der Waals surface area contributed by atoms with E-state index in [9.17, 15) is 10.1 Å². The standard InChI is InChI=1S/C10H8ClN5O3/c11-6-2-1-5(16(17)18)3-7(6)19-9-4-8(12)14-10(13)15-9/h1-4H,(H4,12,13,14,15). The van der Waals surface area contributed by atoms with Gasteiger partial charge in [-0.25, -0.2) is 0 Å². The van der Waals surface area contributed by atoms with E-state index in [1.54, 1.807) is 0 Å². The second-order valence-electron chi connectivity index (χ2n) is 3.46. The molecule has 0 saturated carbocycles. The van der Waals surface area contributed by atoms with Crippen LogP contribution in [-0.4, -0.2) is 14.9 Å². The zero-order valence-corrected chi connectivity index (χ0v) is 10.2. The van der Waals surface area contributed by atoms with Crippen LogP contribution in [0.25, 0.3) is 0 Å². The number of ether oxygens (including phenoxy) is 1. The normalized spacial score (nSPS) is 10.2. The van der Waals surface area contributed by atoms with Crippen LogP contribution in [0.3, 0.4) is 0 Å². The Balaban J connectivity index is 2.37. The zero-order valence-electron chi connectivity index (χ0n) is 9.41. The van der Waals surface area contributed by atoms with Gasteiger partial charge in [0.1, 0.15) is 5.82 Å². The van der Waals surface area contributed by atoms with Gasteiger partial charge in [-0.15, -0.1) is 0 Å². The smallest absolute Gasteiger partial charge is 0.273 e. The number of anilines is 2. The van der Waals surface area contributed by atoms with Crippen molar-refractivity contribution >= 4 is 29.1 Å². The van der Waals surface area contributed by atoms with Crippen molar-refractivity contribution in [3.05, 3.63) is 39.4 Å². The van der Waals surface area contributed by atoms with Gasteiger partial charge in [0.2, 0.25) is 11.8 Å². The lowest BCUT2D eigenvalue weighted by molar-refractivity contribution is -0.384. The highest BCUT2D eigenvalue weighted by molar-refractivity contribution is 6.32. The van der Waals surface area contributed by atoms with Gasteiger partial charge in [-0.3, -0.25) is 10.1 Å². The molecule has 0 unspecified atom stereocenters. The van der Waals surface area contributed by atoms with Gasteiger partial charge in [0, 0.05) is 12.1 Å². The average Bonchev–Trinajstić information content (AvgIpc) is 2.30. The van der Waals surface area contributed by atoms with E-state index in [0.29, 0.717) is 0 Å². The minimum absolute atomic E-state index is 0.0485. The van der Waals surface area contributed by atoms with Gasteiger partial charge in [-0.05, 0) is 6.07 Å². The van der Waals surface area contributed by atoms with Gasteiger partial charge in [0.05, 0.1) is 16.0 Å². The second-order valence-corrected chi connectivity index (χ2v) is 3.87. The topological polar surface area (TPSA) is 130 Å². The molecule has 1 aromatic carbocycles. The van der Waals surface area contributed by atoms with E-state index in [4.69, 9.17) is 27.8 Å². The maximum Gasteiger partial charge on any atom is 0.273 e. The molecule has 0 aliphatic carbocycles. The summed E-state index contributed by atoms with van der Waals surface area (Å²) in [7, 11) is 0.